The van der Waals surface area contributed by atoms with Crippen LogP contribution >= 0.6 is 0 Å². The highest BCUT2D eigenvalue weighted by Gasteiger charge is 2.42. The molecule has 232 valence electrons. The van der Waals surface area contributed by atoms with Gasteiger partial charge in [-0.3, -0.25) is 9.59 Å². The molecule has 1 aliphatic heterocycles. The van der Waals surface area contributed by atoms with Gasteiger partial charge in [0.05, 0.1) is 24.5 Å². The predicted octanol–water partition coefficient (Wildman–Crippen LogP) is 3.82. The van der Waals surface area contributed by atoms with E-state index in [9.17, 15) is 19.8 Å². The molecule has 0 aromatic carbocycles. The molecule has 1 saturated heterocycles. The van der Waals surface area contributed by atoms with Gasteiger partial charge in [-0.2, -0.15) is 0 Å². The zero-order valence-corrected chi connectivity index (χ0v) is 25.1. The highest BCUT2D eigenvalue weighted by atomic mass is 16.6. The third-order valence-corrected chi connectivity index (χ3v) is 9.62. The molecule has 0 amide bonds. The van der Waals surface area contributed by atoms with Gasteiger partial charge < -0.3 is 35.5 Å². The second kappa shape index (κ2) is 17.0. The van der Waals surface area contributed by atoms with E-state index in [0.717, 1.165) is 57.9 Å². The Balaban J connectivity index is 1.69. The van der Waals surface area contributed by atoms with Gasteiger partial charge in [-0.05, 0) is 94.4 Å². The lowest BCUT2D eigenvalue weighted by Gasteiger charge is -2.45. The number of hydrogen-bond acceptors (Lipinski definition) is 9. The number of piperidine rings is 1. The Morgan fingerprint density at radius 1 is 0.975 bits per heavy atom. The summed E-state index contributed by atoms with van der Waals surface area (Å²) in [6, 6.07) is 0. The molecular weight excluding hydrogens is 512 g/mol. The first-order valence-corrected chi connectivity index (χ1v) is 16.0. The Morgan fingerprint density at radius 3 is 2.25 bits per heavy atom. The molecule has 3 rings (SSSR count). The van der Waals surface area contributed by atoms with Crippen LogP contribution in [0.1, 0.15) is 111 Å². The normalized spacial score (nSPS) is 31.9. The van der Waals surface area contributed by atoms with E-state index in [0.29, 0.717) is 43.4 Å². The van der Waals surface area contributed by atoms with Gasteiger partial charge in [-0.15, -0.1) is 0 Å². The second-order valence-corrected chi connectivity index (χ2v) is 12.7. The van der Waals surface area contributed by atoms with Gasteiger partial charge in [0.2, 0.25) is 0 Å². The quantitative estimate of drug-likeness (QED) is 0.217. The summed E-state index contributed by atoms with van der Waals surface area (Å²) >= 11 is 0. The van der Waals surface area contributed by atoms with Gasteiger partial charge in [0.1, 0.15) is 12.2 Å². The summed E-state index contributed by atoms with van der Waals surface area (Å²) in [4.78, 5) is 23.9. The van der Waals surface area contributed by atoms with Crippen LogP contribution in [0.25, 0.3) is 0 Å². The van der Waals surface area contributed by atoms with Crippen LogP contribution in [0.4, 0.5) is 0 Å². The van der Waals surface area contributed by atoms with Crippen molar-refractivity contribution in [2.24, 2.45) is 29.4 Å². The Kier molecular flexibility index (Phi) is 14.1. The van der Waals surface area contributed by atoms with E-state index in [1.807, 2.05) is 6.92 Å². The number of ether oxygens (including phenoxy) is 3. The van der Waals surface area contributed by atoms with E-state index in [2.05, 4.69) is 5.32 Å². The number of nitrogens with one attached hydrogen (secondary N) is 1. The van der Waals surface area contributed by atoms with E-state index in [1.165, 1.54) is 26.7 Å². The molecule has 40 heavy (non-hydrogen) atoms. The number of rotatable bonds is 15. The van der Waals surface area contributed by atoms with E-state index in [4.69, 9.17) is 19.9 Å². The molecule has 0 spiro atoms. The summed E-state index contributed by atoms with van der Waals surface area (Å²) in [6.45, 7) is 5.87. The number of carbonyl (C=O) groups excluding carboxylic acids is 2. The average molecular weight is 569 g/mol. The monoisotopic (exact) mass is 568 g/mol. The molecule has 9 heteroatoms. The molecule has 0 aromatic heterocycles. The molecule has 9 unspecified atom stereocenters. The SMILES string of the molecule is CCC(CO)CCC(CC(CCC1CC(OC2CCCC2)C(O)CC1C1CCNC(N)C1)OC(C)=O)OC(C)=O. The van der Waals surface area contributed by atoms with Crippen LogP contribution in [-0.2, 0) is 23.8 Å². The van der Waals surface area contributed by atoms with Crippen molar-refractivity contribution in [3.63, 3.8) is 0 Å². The number of nitrogens with two attached hydrogens (primary N) is 1. The summed E-state index contributed by atoms with van der Waals surface area (Å²) in [7, 11) is 0. The number of esters is 2. The van der Waals surface area contributed by atoms with Gasteiger partial charge in [-0.25, -0.2) is 0 Å². The molecule has 2 saturated carbocycles. The molecular formula is C31H56N2O7. The van der Waals surface area contributed by atoms with Crippen LogP contribution in [0.3, 0.4) is 0 Å². The lowest BCUT2D eigenvalue weighted by Crippen LogP contribution is -2.50. The van der Waals surface area contributed by atoms with Crippen molar-refractivity contribution < 1.29 is 34.0 Å². The molecule has 2 aliphatic carbocycles. The van der Waals surface area contributed by atoms with Gasteiger partial charge in [-0.1, -0.05) is 26.2 Å². The fourth-order valence-electron chi connectivity index (χ4n) is 7.41. The summed E-state index contributed by atoms with van der Waals surface area (Å²) in [5.41, 5.74) is 6.28. The third kappa shape index (κ3) is 10.9. The van der Waals surface area contributed by atoms with E-state index >= 15 is 0 Å². The largest absolute Gasteiger partial charge is 0.462 e. The first kappa shape index (κ1) is 33.2. The fourth-order valence-corrected chi connectivity index (χ4v) is 7.41. The van der Waals surface area contributed by atoms with Gasteiger partial charge in [0.15, 0.2) is 0 Å². The maximum Gasteiger partial charge on any atom is 0.302 e. The van der Waals surface area contributed by atoms with Crippen LogP contribution in [0.5, 0.6) is 0 Å². The van der Waals surface area contributed by atoms with Crippen molar-refractivity contribution >= 4 is 11.9 Å². The summed E-state index contributed by atoms with van der Waals surface area (Å²) < 4.78 is 17.9. The van der Waals surface area contributed by atoms with Crippen LogP contribution in [0, 0.1) is 23.7 Å². The minimum Gasteiger partial charge on any atom is -0.462 e. The summed E-state index contributed by atoms with van der Waals surface area (Å²) in [6.07, 6.45) is 11.0. The summed E-state index contributed by atoms with van der Waals surface area (Å²) in [5.74, 6) is 0.578. The fraction of sp³-hybridized carbons (Fsp3) is 0.935. The molecule has 0 bridgehead atoms. The maximum atomic E-state index is 12.1. The lowest BCUT2D eigenvalue weighted by molar-refractivity contribution is -0.154. The van der Waals surface area contributed by atoms with Crippen molar-refractivity contribution in [2.75, 3.05) is 13.2 Å². The molecule has 5 N–H and O–H groups in total. The van der Waals surface area contributed by atoms with Crippen LogP contribution in [0.2, 0.25) is 0 Å². The molecule has 0 radical (unpaired) electrons. The van der Waals surface area contributed by atoms with Crippen LogP contribution in [-0.4, -0.2) is 72.0 Å². The highest BCUT2D eigenvalue weighted by Crippen LogP contribution is 2.43. The van der Waals surface area contributed by atoms with Gasteiger partial charge >= 0.3 is 11.9 Å². The van der Waals surface area contributed by atoms with E-state index in [-0.39, 0.29) is 55.0 Å². The molecule has 1 heterocycles. The number of aliphatic hydroxyl groups is 2. The van der Waals surface area contributed by atoms with Crippen molar-refractivity contribution in [1.29, 1.82) is 0 Å². The zero-order chi connectivity index (χ0) is 29.1. The van der Waals surface area contributed by atoms with Crippen molar-refractivity contribution in [3.05, 3.63) is 0 Å². The first-order valence-electron chi connectivity index (χ1n) is 16.0. The number of aliphatic hydroxyl groups excluding tert-OH is 2. The Hall–Kier alpha value is -1.26. The zero-order valence-electron chi connectivity index (χ0n) is 25.1. The average Bonchev–Trinajstić information content (AvgIpc) is 3.41. The van der Waals surface area contributed by atoms with Gasteiger partial charge in [0, 0.05) is 26.9 Å². The second-order valence-electron chi connectivity index (χ2n) is 12.7. The predicted molar refractivity (Wildman–Crippen MR) is 153 cm³/mol. The molecule has 9 atom stereocenters. The topological polar surface area (TPSA) is 140 Å². The standard InChI is InChI=1S/C31H56N2O7/c1-4-22(19-34)9-11-26(38-20(2)35)17-27(39-21(3)36)12-10-23-15-30(40-25-7-5-6-8-25)29(37)18-28(23)24-13-14-33-31(32)16-24/h22-31,33-34,37H,4-19,32H2,1-3H3. The molecule has 3 aliphatic rings. The molecule has 0 aromatic rings. The maximum absolute atomic E-state index is 12.1. The van der Waals surface area contributed by atoms with E-state index < -0.39 is 6.10 Å². The lowest BCUT2D eigenvalue weighted by atomic mass is 9.66. The smallest absolute Gasteiger partial charge is 0.302 e. The van der Waals surface area contributed by atoms with Crippen molar-refractivity contribution in [2.45, 2.75) is 147 Å². The third-order valence-electron chi connectivity index (χ3n) is 9.62. The Bertz CT molecular complexity index is 758. The number of hydrogen-bond donors (Lipinski definition) is 4. The van der Waals surface area contributed by atoms with Crippen LogP contribution in [0.15, 0.2) is 0 Å². The Labute approximate surface area is 241 Å². The van der Waals surface area contributed by atoms with Crippen molar-refractivity contribution in [1.82, 2.24) is 5.32 Å². The molecule has 3 fully saturated rings. The van der Waals surface area contributed by atoms with E-state index in [1.54, 1.807) is 0 Å². The summed E-state index contributed by atoms with van der Waals surface area (Å²) in [5, 5.41) is 24.1. The molecule has 9 nitrogen and oxygen atoms in total. The van der Waals surface area contributed by atoms with Crippen LogP contribution < -0.4 is 11.1 Å². The number of carbonyl (C=O) groups is 2. The highest BCUT2D eigenvalue weighted by molar-refractivity contribution is 5.66. The van der Waals surface area contributed by atoms with Crippen molar-refractivity contribution in [3.8, 4) is 0 Å². The Morgan fingerprint density at radius 2 is 1.65 bits per heavy atom. The first-order chi connectivity index (χ1) is 19.2. The van der Waals surface area contributed by atoms with Gasteiger partial charge in [0.25, 0.3) is 0 Å². The minimum atomic E-state index is -0.469. The minimum absolute atomic E-state index is 0.0202.